The molecule has 0 aliphatic carbocycles. The van der Waals surface area contributed by atoms with Gasteiger partial charge in [0.15, 0.2) is 0 Å². The quantitative estimate of drug-likeness (QED) is 0.799. The Labute approximate surface area is 154 Å². The van der Waals surface area contributed by atoms with Gasteiger partial charge in [-0.15, -0.1) is 12.4 Å². The standard InChI is InChI=1S/C15H23ClFN3O2S.ClH/c1-3-5-12-10-18-8-9-20(12)23(21,22)19(2)11-13-14(16)6-4-7-15(13)17;/h4,6-7,12,18H,3,5,8-11H2,1-2H3;1H. The van der Waals surface area contributed by atoms with E-state index in [0.29, 0.717) is 19.6 Å². The van der Waals surface area contributed by atoms with Crippen LogP contribution in [-0.4, -0.2) is 49.8 Å². The van der Waals surface area contributed by atoms with Crippen LogP contribution in [-0.2, 0) is 16.8 Å². The number of nitrogens with one attached hydrogen (secondary N) is 1. The number of hydrogen-bond acceptors (Lipinski definition) is 3. The zero-order valence-corrected chi connectivity index (χ0v) is 16.2. The molecule has 1 N–H and O–H groups in total. The topological polar surface area (TPSA) is 52.7 Å². The van der Waals surface area contributed by atoms with Crippen molar-refractivity contribution in [1.82, 2.24) is 13.9 Å². The molecular weight excluding hydrogens is 376 g/mol. The van der Waals surface area contributed by atoms with Crippen LogP contribution in [0.15, 0.2) is 18.2 Å². The molecule has 2 rings (SSSR count). The van der Waals surface area contributed by atoms with E-state index >= 15 is 0 Å². The van der Waals surface area contributed by atoms with Crippen LogP contribution >= 0.6 is 24.0 Å². The molecule has 1 aliphatic heterocycles. The van der Waals surface area contributed by atoms with E-state index in [-0.39, 0.29) is 35.6 Å². The predicted molar refractivity (Wildman–Crippen MR) is 97.3 cm³/mol. The van der Waals surface area contributed by atoms with Gasteiger partial charge in [0.2, 0.25) is 0 Å². The van der Waals surface area contributed by atoms with Gasteiger partial charge in [0.25, 0.3) is 10.2 Å². The van der Waals surface area contributed by atoms with Crippen molar-refractivity contribution in [2.24, 2.45) is 0 Å². The fourth-order valence-corrected chi connectivity index (χ4v) is 4.54. The molecule has 1 aromatic rings. The lowest BCUT2D eigenvalue weighted by Gasteiger charge is -2.37. The van der Waals surface area contributed by atoms with Gasteiger partial charge in [0, 0.05) is 49.9 Å². The van der Waals surface area contributed by atoms with Crippen LogP contribution in [0, 0.1) is 5.82 Å². The summed E-state index contributed by atoms with van der Waals surface area (Å²) in [7, 11) is -2.20. The summed E-state index contributed by atoms with van der Waals surface area (Å²) >= 11 is 6.00. The summed E-state index contributed by atoms with van der Waals surface area (Å²) in [5.41, 5.74) is 0.197. The van der Waals surface area contributed by atoms with Crippen molar-refractivity contribution in [2.45, 2.75) is 32.4 Å². The Kier molecular flexibility index (Phi) is 8.38. The number of benzene rings is 1. The summed E-state index contributed by atoms with van der Waals surface area (Å²) in [6.07, 6.45) is 1.70. The van der Waals surface area contributed by atoms with E-state index < -0.39 is 16.0 Å². The van der Waals surface area contributed by atoms with Crippen molar-refractivity contribution in [3.8, 4) is 0 Å². The van der Waals surface area contributed by atoms with Gasteiger partial charge in [0.05, 0.1) is 0 Å². The van der Waals surface area contributed by atoms with E-state index in [2.05, 4.69) is 5.32 Å². The first kappa shape index (κ1) is 21.6. The van der Waals surface area contributed by atoms with Crippen molar-refractivity contribution in [3.05, 3.63) is 34.6 Å². The third kappa shape index (κ3) is 4.80. The minimum Gasteiger partial charge on any atom is -0.314 e. The maximum absolute atomic E-state index is 13.9. The molecule has 0 spiro atoms. The molecule has 5 nitrogen and oxygen atoms in total. The van der Waals surface area contributed by atoms with E-state index in [9.17, 15) is 12.8 Å². The Morgan fingerprint density at radius 2 is 2.17 bits per heavy atom. The molecule has 0 bridgehead atoms. The lowest BCUT2D eigenvalue weighted by Crippen LogP contribution is -2.56. The molecule has 1 unspecified atom stereocenters. The fraction of sp³-hybridized carbons (Fsp3) is 0.600. The Morgan fingerprint density at radius 1 is 1.46 bits per heavy atom. The van der Waals surface area contributed by atoms with Crippen molar-refractivity contribution in [1.29, 1.82) is 0 Å². The molecule has 1 saturated heterocycles. The van der Waals surface area contributed by atoms with E-state index in [1.54, 1.807) is 6.07 Å². The van der Waals surface area contributed by atoms with Gasteiger partial charge in [0.1, 0.15) is 5.82 Å². The average molecular weight is 400 g/mol. The maximum atomic E-state index is 13.9. The molecule has 0 aromatic heterocycles. The van der Waals surface area contributed by atoms with Gasteiger partial charge in [-0.05, 0) is 18.6 Å². The van der Waals surface area contributed by atoms with Gasteiger partial charge in [-0.3, -0.25) is 0 Å². The summed E-state index contributed by atoms with van der Waals surface area (Å²) in [6.45, 7) is 3.62. The SMILES string of the molecule is CCCC1CNCCN1S(=O)(=O)N(C)Cc1c(F)cccc1Cl.Cl. The normalized spacial score (nSPS) is 19.3. The zero-order chi connectivity index (χ0) is 17.0. The largest absolute Gasteiger partial charge is 0.314 e. The second kappa shape index (κ2) is 9.31. The summed E-state index contributed by atoms with van der Waals surface area (Å²) in [5.74, 6) is -0.495. The maximum Gasteiger partial charge on any atom is 0.282 e. The summed E-state index contributed by atoms with van der Waals surface area (Å²) in [4.78, 5) is 0. The second-order valence-corrected chi connectivity index (χ2v) is 8.12. The highest BCUT2D eigenvalue weighted by molar-refractivity contribution is 7.86. The highest BCUT2D eigenvalue weighted by atomic mass is 35.5. The van der Waals surface area contributed by atoms with Crippen molar-refractivity contribution in [2.75, 3.05) is 26.7 Å². The zero-order valence-electron chi connectivity index (χ0n) is 13.8. The monoisotopic (exact) mass is 399 g/mol. The average Bonchev–Trinajstić information content (AvgIpc) is 2.51. The van der Waals surface area contributed by atoms with Crippen molar-refractivity contribution in [3.63, 3.8) is 0 Å². The van der Waals surface area contributed by atoms with Crippen LogP contribution in [0.2, 0.25) is 5.02 Å². The first-order chi connectivity index (χ1) is 10.9. The van der Waals surface area contributed by atoms with E-state index in [0.717, 1.165) is 12.8 Å². The van der Waals surface area contributed by atoms with Crippen LogP contribution in [0.3, 0.4) is 0 Å². The molecule has 1 heterocycles. The Morgan fingerprint density at radius 3 is 2.79 bits per heavy atom. The van der Waals surface area contributed by atoms with Crippen LogP contribution < -0.4 is 5.32 Å². The fourth-order valence-electron chi connectivity index (χ4n) is 2.79. The Balaban J connectivity index is 0.00000288. The number of hydrogen-bond donors (Lipinski definition) is 1. The first-order valence-corrected chi connectivity index (χ1v) is 9.52. The molecule has 1 aromatic carbocycles. The van der Waals surface area contributed by atoms with Crippen molar-refractivity contribution < 1.29 is 12.8 Å². The van der Waals surface area contributed by atoms with Gasteiger partial charge >= 0.3 is 0 Å². The minimum absolute atomic E-state index is 0. The van der Waals surface area contributed by atoms with E-state index in [1.807, 2.05) is 6.92 Å². The highest BCUT2D eigenvalue weighted by Gasteiger charge is 2.34. The molecule has 0 radical (unpaired) electrons. The molecular formula is C15H24Cl2FN3O2S. The third-order valence-electron chi connectivity index (χ3n) is 4.05. The van der Waals surface area contributed by atoms with Crippen LogP contribution in [0.1, 0.15) is 25.3 Å². The molecule has 1 aliphatic rings. The first-order valence-electron chi connectivity index (χ1n) is 7.74. The molecule has 9 heteroatoms. The number of rotatable bonds is 6. The lowest BCUT2D eigenvalue weighted by molar-refractivity contribution is 0.237. The van der Waals surface area contributed by atoms with Gasteiger partial charge in [-0.2, -0.15) is 17.0 Å². The van der Waals surface area contributed by atoms with Crippen molar-refractivity contribution >= 4 is 34.2 Å². The predicted octanol–water partition coefficient (Wildman–Crippen LogP) is 2.65. The lowest BCUT2D eigenvalue weighted by atomic mass is 10.1. The van der Waals surface area contributed by atoms with Gasteiger partial charge < -0.3 is 5.32 Å². The molecule has 0 saturated carbocycles. The number of piperazine rings is 1. The Hall–Kier alpha value is -0.440. The summed E-state index contributed by atoms with van der Waals surface area (Å²) < 4.78 is 42.3. The molecule has 138 valence electrons. The van der Waals surface area contributed by atoms with Crippen LogP contribution in [0.4, 0.5) is 4.39 Å². The van der Waals surface area contributed by atoms with Gasteiger partial charge in [-0.1, -0.05) is 31.0 Å². The summed E-state index contributed by atoms with van der Waals surface area (Å²) in [5, 5.41) is 3.46. The van der Waals surface area contributed by atoms with Gasteiger partial charge in [-0.25, -0.2) is 4.39 Å². The van der Waals surface area contributed by atoms with E-state index in [1.165, 1.54) is 27.8 Å². The van der Waals surface area contributed by atoms with E-state index in [4.69, 9.17) is 11.6 Å². The second-order valence-electron chi connectivity index (χ2n) is 5.72. The van der Waals surface area contributed by atoms with Crippen LogP contribution in [0.5, 0.6) is 0 Å². The number of nitrogens with zero attached hydrogens (tertiary/aromatic N) is 2. The smallest absolute Gasteiger partial charge is 0.282 e. The highest BCUT2D eigenvalue weighted by Crippen LogP contribution is 2.23. The van der Waals surface area contributed by atoms with Crippen LogP contribution in [0.25, 0.3) is 0 Å². The molecule has 24 heavy (non-hydrogen) atoms. The molecule has 1 atom stereocenters. The Bertz CT molecular complexity index is 623. The number of halogens is 3. The molecule has 1 fully saturated rings. The molecule has 0 amide bonds. The third-order valence-corrected chi connectivity index (χ3v) is 6.40. The summed E-state index contributed by atoms with van der Waals surface area (Å²) in [6, 6.07) is 4.28. The minimum atomic E-state index is -3.66.